The normalized spacial score (nSPS) is 17.9. The van der Waals surface area contributed by atoms with Crippen LogP contribution in [-0.4, -0.2) is 37.6 Å². The van der Waals surface area contributed by atoms with Gasteiger partial charge in [0.15, 0.2) is 0 Å². The van der Waals surface area contributed by atoms with Crippen LogP contribution in [0.15, 0.2) is 72.8 Å². The fourth-order valence-electron chi connectivity index (χ4n) is 5.26. The number of carbonyl (C=O) groups is 1. The van der Waals surface area contributed by atoms with Crippen molar-refractivity contribution in [2.24, 2.45) is 5.92 Å². The number of fused-ring (bicyclic) bond motifs is 2. The minimum atomic E-state index is 0.109. The Balaban J connectivity index is 1.13. The zero-order valence-corrected chi connectivity index (χ0v) is 20.6. The monoisotopic (exact) mass is 466 g/mol. The third kappa shape index (κ3) is 5.40. The van der Waals surface area contributed by atoms with Crippen molar-refractivity contribution in [1.29, 1.82) is 0 Å². The SMILES string of the molecule is CN(C)c1cc(N[C@H]2CC[C@@H](CNC(=O)Cc3cccc4ccccc34)CC2)nc2ccccc12. The molecule has 0 radical (unpaired) electrons. The van der Waals surface area contributed by atoms with Gasteiger partial charge in [-0.3, -0.25) is 4.79 Å². The fraction of sp³-hybridized carbons (Fsp3) is 0.333. The number of nitrogens with zero attached hydrogens (tertiary/aromatic N) is 2. The van der Waals surface area contributed by atoms with Gasteiger partial charge in [-0.1, -0.05) is 60.7 Å². The molecular formula is C30H34N4O. The van der Waals surface area contributed by atoms with Gasteiger partial charge in [-0.25, -0.2) is 4.98 Å². The van der Waals surface area contributed by atoms with Crippen molar-refractivity contribution < 1.29 is 4.79 Å². The first-order chi connectivity index (χ1) is 17.1. The Bertz CT molecular complexity index is 1320. The lowest BCUT2D eigenvalue weighted by atomic mass is 9.86. The van der Waals surface area contributed by atoms with E-state index in [0.717, 1.165) is 54.5 Å². The minimum Gasteiger partial charge on any atom is -0.377 e. The van der Waals surface area contributed by atoms with Gasteiger partial charge < -0.3 is 15.5 Å². The Labute approximate surface area is 207 Å². The first kappa shape index (κ1) is 23.2. The number of para-hydroxylation sites is 1. The number of anilines is 2. The number of hydrogen-bond acceptors (Lipinski definition) is 4. The summed E-state index contributed by atoms with van der Waals surface area (Å²) in [5.74, 6) is 1.59. The molecule has 2 N–H and O–H groups in total. The predicted molar refractivity (Wildman–Crippen MR) is 146 cm³/mol. The molecule has 5 heteroatoms. The molecule has 1 aliphatic rings. The van der Waals surface area contributed by atoms with E-state index in [-0.39, 0.29) is 5.91 Å². The molecule has 5 rings (SSSR count). The molecule has 1 aromatic heterocycles. The van der Waals surface area contributed by atoms with Crippen molar-refractivity contribution in [3.8, 4) is 0 Å². The van der Waals surface area contributed by atoms with Gasteiger partial charge in [-0.15, -0.1) is 0 Å². The van der Waals surface area contributed by atoms with Gasteiger partial charge in [-0.05, 0) is 54.0 Å². The van der Waals surface area contributed by atoms with E-state index in [1.165, 1.54) is 16.5 Å². The molecule has 0 aliphatic heterocycles. The number of rotatable bonds is 7. The molecule has 0 bridgehead atoms. The van der Waals surface area contributed by atoms with Gasteiger partial charge in [0, 0.05) is 43.8 Å². The van der Waals surface area contributed by atoms with Crippen LogP contribution >= 0.6 is 0 Å². The van der Waals surface area contributed by atoms with Crippen molar-refractivity contribution in [3.05, 3.63) is 78.4 Å². The maximum absolute atomic E-state index is 12.7. The van der Waals surface area contributed by atoms with Gasteiger partial charge in [0.05, 0.1) is 11.9 Å². The van der Waals surface area contributed by atoms with Crippen molar-refractivity contribution in [3.63, 3.8) is 0 Å². The molecule has 3 aromatic carbocycles. The van der Waals surface area contributed by atoms with Crippen LogP contribution < -0.4 is 15.5 Å². The second kappa shape index (κ2) is 10.3. The molecule has 180 valence electrons. The summed E-state index contributed by atoms with van der Waals surface area (Å²) in [4.78, 5) is 19.7. The highest BCUT2D eigenvalue weighted by Gasteiger charge is 2.22. The molecule has 1 saturated carbocycles. The number of pyridine rings is 1. The van der Waals surface area contributed by atoms with Crippen molar-refractivity contribution in [1.82, 2.24) is 10.3 Å². The smallest absolute Gasteiger partial charge is 0.224 e. The van der Waals surface area contributed by atoms with Crippen LogP contribution in [0, 0.1) is 5.92 Å². The third-order valence-corrected chi connectivity index (χ3v) is 7.19. The van der Waals surface area contributed by atoms with Gasteiger partial charge in [-0.2, -0.15) is 0 Å². The van der Waals surface area contributed by atoms with Crippen LogP contribution in [0.2, 0.25) is 0 Å². The van der Waals surface area contributed by atoms with Gasteiger partial charge in [0.2, 0.25) is 5.91 Å². The Morgan fingerprint density at radius 3 is 2.43 bits per heavy atom. The van der Waals surface area contributed by atoms with Crippen LogP contribution in [-0.2, 0) is 11.2 Å². The second-order valence-electron chi connectivity index (χ2n) is 9.92. The fourth-order valence-corrected chi connectivity index (χ4v) is 5.26. The maximum atomic E-state index is 12.7. The Morgan fingerprint density at radius 1 is 0.914 bits per heavy atom. The van der Waals surface area contributed by atoms with E-state index in [4.69, 9.17) is 4.98 Å². The lowest BCUT2D eigenvalue weighted by Crippen LogP contribution is -2.34. The number of aromatic nitrogens is 1. The molecular weight excluding hydrogens is 432 g/mol. The van der Waals surface area contributed by atoms with Crippen molar-refractivity contribution in [2.75, 3.05) is 30.9 Å². The molecule has 1 amide bonds. The molecule has 0 atom stereocenters. The van der Waals surface area contributed by atoms with Crippen LogP contribution in [0.3, 0.4) is 0 Å². The van der Waals surface area contributed by atoms with E-state index in [2.05, 4.69) is 78.2 Å². The lowest BCUT2D eigenvalue weighted by molar-refractivity contribution is -0.120. The highest BCUT2D eigenvalue weighted by atomic mass is 16.1. The summed E-state index contributed by atoms with van der Waals surface area (Å²) in [5, 5.41) is 10.4. The van der Waals surface area contributed by atoms with Gasteiger partial charge in [0.1, 0.15) is 5.82 Å². The zero-order valence-electron chi connectivity index (χ0n) is 20.6. The highest BCUT2D eigenvalue weighted by molar-refractivity contribution is 5.93. The Kier molecular flexibility index (Phi) is 6.84. The van der Waals surface area contributed by atoms with Crippen LogP contribution in [0.5, 0.6) is 0 Å². The number of carbonyl (C=O) groups excluding carboxylic acids is 1. The summed E-state index contributed by atoms with van der Waals surface area (Å²) in [5.41, 5.74) is 3.29. The molecule has 1 aliphatic carbocycles. The summed E-state index contributed by atoms with van der Waals surface area (Å²) in [6, 6.07) is 25.3. The molecule has 4 aromatic rings. The number of benzene rings is 3. The molecule has 0 spiro atoms. The molecule has 0 saturated heterocycles. The quantitative estimate of drug-likeness (QED) is 0.362. The van der Waals surface area contributed by atoms with E-state index >= 15 is 0 Å². The largest absolute Gasteiger partial charge is 0.377 e. The van der Waals surface area contributed by atoms with Crippen LogP contribution in [0.4, 0.5) is 11.5 Å². The van der Waals surface area contributed by atoms with Crippen LogP contribution in [0.25, 0.3) is 21.7 Å². The van der Waals surface area contributed by atoms with Crippen molar-refractivity contribution in [2.45, 2.75) is 38.1 Å². The standard InChI is InChI=1S/C30H34N4O/c1-34(2)28-19-29(33-27-13-6-5-12-26(27)28)32-24-16-14-21(15-17-24)20-31-30(35)18-23-10-7-9-22-8-3-4-11-25(22)23/h3-13,19,21,24H,14-18,20H2,1-2H3,(H,31,35)(H,32,33)/t21-,24+. The van der Waals surface area contributed by atoms with E-state index in [1.54, 1.807) is 0 Å². The summed E-state index contributed by atoms with van der Waals surface area (Å²) >= 11 is 0. The number of nitrogens with one attached hydrogen (secondary N) is 2. The maximum Gasteiger partial charge on any atom is 0.224 e. The predicted octanol–water partition coefficient (Wildman–Crippen LogP) is 5.78. The zero-order chi connectivity index (χ0) is 24.2. The first-order valence-corrected chi connectivity index (χ1v) is 12.6. The van der Waals surface area contributed by atoms with E-state index in [1.807, 2.05) is 24.3 Å². The summed E-state index contributed by atoms with van der Waals surface area (Å²) in [6.45, 7) is 0.759. The van der Waals surface area contributed by atoms with Gasteiger partial charge >= 0.3 is 0 Å². The Morgan fingerprint density at radius 2 is 1.63 bits per heavy atom. The molecule has 35 heavy (non-hydrogen) atoms. The highest BCUT2D eigenvalue weighted by Crippen LogP contribution is 2.30. The molecule has 1 fully saturated rings. The van der Waals surface area contributed by atoms with E-state index in [9.17, 15) is 4.79 Å². The van der Waals surface area contributed by atoms with Gasteiger partial charge in [0.25, 0.3) is 0 Å². The average Bonchev–Trinajstić information content (AvgIpc) is 2.88. The summed E-state index contributed by atoms with van der Waals surface area (Å²) in [7, 11) is 4.15. The third-order valence-electron chi connectivity index (χ3n) is 7.19. The molecule has 1 heterocycles. The number of amides is 1. The molecule has 5 nitrogen and oxygen atoms in total. The topological polar surface area (TPSA) is 57.3 Å². The Hall–Kier alpha value is -3.60. The van der Waals surface area contributed by atoms with E-state index < -0.39 is 0 Å². The summed E-state index contributed by atoms with van der Waals surface area (Å²) < 4.78 is 0. The lowest BCUT2D eigenvalue weighted by Gasteiger charge is -2.30. The number of hydrogen-bond donors (Lipinski definition) is 2. The second-order valence-corrected chi connectivity index (χ2v) is 9.92. The first-order valence-electron chi connectivity index (χ1n) is 12.6. The van der Waals surface area contributed by atoms with Crippen molar-refractivity contribution >= 4 is 39.1 Å². The minimum absolute atomic E-state index is 0.109. The summed E-state index contributed by atoms with van der Waals surface area (Å²) in [6.07, 6.45) is 4.84. The van der Waals surface area contributed by atoms with E-state index in [0.29, 0.717) is 18.4 Å². The average molecular weight is 467 g/mol. The molecule has 0 unspecified atom stereocenters. The van der Waals surface area contributed by atoms with Crippen LogP contribution in [0.1, 0.15) is 31.2 Å².